The van der Waals surface area contributed by atoms with Crippen LogP contribution in [0.1, 0.15) is 11.6 Å². The van der Waals surface area contributed by atoms with Gasteiger partial charge in [0.05, 0.1) is 15.8 Å². The fourth-order valence-corrected chi connectivity index (χ4v) is 5.09. The van der Waals surface area contributed by atoms with Gasteiger partial charge >= 0.3 is 5.69 Å². The molecule has 2 aromatic heterocycles. The van der Waals surface area contributed by atoms with Gasteiger partial charge in [0.1, 0.15) is 6.04 Å². The molecule has 0 aliphatic carbocycles. The molecule has 33 heavy (non-hydrogen) atoms. The largest absolute Gasteiger partial charge is 0.330 e. The molecule has 0 saturated heterocycles. The summed E-state index contributed by atoms with van der Waals surface area (Å²) in [6.45, 7) is 0. The minimum Gasteiger partial charge on any atom is -0.300 e. The number of hydrogen-bond acceptors (Lipinski definition) is 7. The Morgan fingerprint density at radius 3 is 2.45 bits per heavy atom. The molecule has 0 radical (unpaired) electrons. The number of benzene rings is 2. The molecule has 0 bridgehead atoms. The quantitative estimate of drug-likeness (QED) is 0.424. The van der Waals surface area contributed by atoms with E-state index >= 15 is 0 Å². The molecule has 10 nitrogen and oxygen atoms in total. The molecular formula is C21H19N5O5S2. The van der Waals surface area contributed by atoms with Gasteiger partial charge in [-0.05, 0) is 23.8 Å². The second kappa shape index (κ2) is 8.73. The van der Waals surface area contributed by atoms with Crippen molar-refractivity contribution in [3.8, 4) is 0 Å². The van der Waals surface area contributed by atoms with Gasteiger partial charge in [-0.3, -0.25) is 18.7 Å². The van der Waals surface area contributed by atoms with Crippen molar-refractivity contribution in [1.29, 1.82) is 0 Å². The summed E-state index contributed by atoms with van der Waals surface area (Å²) in [5.74, 6) is -0.612. The third-order valence-electron chi connectivity index (χ3n) is 5.08. The van der Waals surface area contributed by atoms with E-state index in [0.717, 1.165) is 4.57 Å². The first-order chi connectivity index (χ1) is 15.7. The van der Waals surface area contributed by atoms with Crippen molar-refractivity contribution in [2.75, 3.05) is 5.32 Å². The molecule has 12 heteroatoms. The van der Waals surface area contributed by atoms with E-state index in [1.54, 1.807) is 35.7 Å². The number of carbonyl (C=O) groups excluding carboxylic acids is 1. The zero-order valence-corrected chi connectivity index (χ0v) is 19.2. The van der Waals surface area contributed by atoms with Gasteiger partial charge in [0.25, 0.3) is 5.56 Å². The predicted molar refractivity (Wildman–Crippen MR) is 125 cm³/mol. The maximum Gasteiger partial charge on any atom is 0.330 e. The standard InChI is InChI=1S/C21H19N5O5S2/c1-25-16-9-8-14(12-15(16)19(28)26(2)21(25)29)33(30,31)24-17(13-6-4-3-5-7-13)18(27)23-20-22-10-11-32-20/h3-12,17,24H,1-2H3,(H,22,23,27)/t17-/m0/s1. The lowest BCUT2D eigenvalue weighted by atomic mass is 10.1. The summed E-state index contributed by atoms with van der Waals surface area (Å²) in [5, 5.41) is 4.68. The van der Waals surface area contributed by atoms with Crippen molar-refractivity contribution in [1.82, 2.24) is 18.8 Å². The molecule has 0 aliphatic heterocycles. The summed E-state index contributed by atoms with van der Waals surface area (Å²) in [6.07, 6.45) is 1.52. The molecule has 2 N–H and O–H groups in total. The van der Waals surface area contributed by atoms with Crippen LogP contribution in [-0.2, 0) is 28.9 Å². The normalized spacial score (nSPS) is 12.5. The zero-order chi connectivity index (χ0) is 23.8. The van der Waals surface area contributed by atoms with Crippen LogP contribution in [-0.4, -0.2) is 28.4 Å². The number of rotatable bonds is 6. The van der Waals surface area contributed by atoms with E-state index in [1.165, 1.54) is 54.4 Å². The molecule has 4 aromatic rings. The minimum absolute atomic E-state index is 0.0611. The highest BCUT2D eigenvalue weighted by molar-refractivity contribution is 7.89. The number of aromatic nitrogens is 3. The first-order valence-corrected chi connectivity index (χ1v) is 12.0. The minimum atomic E-state index is -4.24. The molecule has 0 fully saturated rings. The highest BCUT2D eigenvalue weighted by Gasteiger charge is 2.28. The Morgan fingerprint density at radius 2 is 1.79 bits per heavy atom. The SMILES string of the molecule is Cn1c(=O)c2cc(S(=O)(=O)N[C@H](C(=O)Nc3nccs3)c3ccccc3)ccc2n(C)c1=O. The predicted octanol–water partition coefficient (Wildman–Crippen LogP) is 1.35. The molecule has 0 saturated carbocycles. The third kappa shape index (κ3) is 4.35. The second-order valence-corrected chi connectivity index (χ2v) is 9.78. The van der Waals surface area contributed by atoms with Gasteiger partial charge in [-0.2, -0.15) is 4.72 Å². The van der Waals surface area contributed by atoms with Gasteiger partial charge < -0.3 is 5.32 Å². The van der Waals surface area contributed by atoms with E-state index in [0.29, 0.717) is 16.2 Å². The monoisotopic (exact) mass is 485 g/mol. The maximum atomic E-state index is 13.2. The van der Waals surface area contributed by atoms with Crippen molar-refractivity contribution in [2.45, 2.75) is 10.9 Å². The van der Waals surface area contributed by atoms with Gasteiger partial charge in [-0.15, -0.1) is 11.3 Å². The zero-order valence-electron chi connectivity index (χ0n) is 17.6. The van der Waals surface area contributed by atoms with Gasteiger partial charge in [0, 0.05) is 25.7 Å². The van der Waals surface area contributed by atoms with Crippen molar-refractivity contribution >= 4 is 43.3 Å². The fraction of sp³-hybridized carbons (Fsp3) is 0.143. The number of aryl methyl sites for hydroxylation is 1. The number of amides is 1. The van der Waals surface area contributed by atoms with Gasteiger partial charge in [0.2, 0.25) is 15.9 Å². The van der Waals surface area contributed by atoms with Crippen LogP contribution in [0.3, 0.4) is 0 Å². The Hall–Kier alpha value is -3.61. The van der Waals surface area contributed by atoms with Crippen LogP contribution in [0.4, 0.5) is 5.13 Å². The molecule has 4 rings (SSSR count). The van der Waals surface area contributed by atoms with Crippen molar-refractivity contribution in [3.63, 3.8) is 0 Å². The van der Waals surface area contributed by atoms with E-state index in [1.807, 2.05) is 0 Å². The molecule has 170 valence electrons. The molecule has 1 atom stereocenters. The first kappa shape index (κ1) is 22.6. The summed E-state index contributed by atoms with van der Waals surface area (Å²) in [7, 11) is -1.43. The first-order valence-electron chi connectivity index (χ1n) is 9.66. The van der Waals surface area contributed by atoms with Crippen LogP contribution in [0.5, 0.6) is 0 Å². The molecule has 0 spiro atoms. The molecule has 0 unspecified atom stereocenters. The Morgan fingerprint density at radius 1 is 1.06 bits per heavy atom. The van der Waals surface area contributed by atoms with Crippen LogP contribution in [0.25, 0.3) is 10.9 Å². The van der Waals surface area contributed by atoms with E-state index in [4.69, 9.17) is 0 Å². The van der Waals surface area contributed by atoms with Crippen molar-refractivity contribution in [3.05, 3.63) is 86.5 Å². The lowest BCUT2D eigenvalue weighted by Crippen LogP contribution is -2.38. The lowest BCUT2D eigenvalue weighted by Gasteiger charge is -2.18. The Bertz CT molecular complexity index is 1560. The Labute approximate surface area is 192 Å². The number of thiazole rings is 1. The van der Waals surface area contributed by atoms with E-state index in [9.17, 15) is 22.8 Å². The number of nitrogens with one attached hydrogen (secondary N) is 2. The van der Waals surface area contributed by atoms with Crippen LogP contribution < -0.4 is 21.3 Å². The number of nitrogens with zero attached hydrogens (tertiary/aromatic N) is 3. The average Bonchev–Trinajstić information content (AvgIpc) is 3.33. The second-order valence-electron chi connectivity index (χ2n) is 7.18. The summed E-state index contributed by atoms with van der Waals surface area (Å²) in [6, 6.07) is 11.0. The number of sulfonamides is 1. The van der Waals surface area contributed by atoms with E-state index < -0.39 is 33.2 Å². The van der Waals surface area contributed by atoms with Crippen LogP contribution in [0.15, 0.2) is 74.6 Å². The van der Waals surface area contributed by atoms with Gasteiger partial charge in [0.15, 0.2) is 5.13 Å². The summed E-state index contributed by atoms with van der Waals surface area (Å²) in [4.78, 5) is 41.4. The molecule has 0 aliphatic rings. The van der Waals surface area contributed by atoms with E-state index in [-0.39, 0.29) is 10.3 Å². The Kier molecular flexibility index (Phi) is 5.97. The molecule has 1 amide bonds. The van der Waals surface area contributed by atoms with Crippen LogP contribution in [0.2, 0.25) is 0 Å². The average molecular weight is 486 g/mol. The van der Waals surface area contributed by atoms with Crippen LogP contribution >= 0.6 is 11.3 Å². The summed E-state index contributed by atoms with van der Waals surface area (Å²) >= 11 is 1.20. The summed E-state index contributed by atoms with van der Waals surface area (Å²) in [5.41, 5.74) is -0.423. The number of fused-ring (bicyclic) bond motifs is 1. The van der Waals surface area contributed by atoms with E-state index in [2.05, 4.69) is 15.0 Å². The fourth-order valence-electron chi connectivity index (χ4n) is 3.35. The Balaban J connectivity index is 1.76. The molecular weight excluding hydrogens is 466 g/mol. The highest BCUT2D eigenvalue weighted by Crippen LogP contribution is 2.22. The summed E-state index contributed by atoms with van der Waals surface area (Å²) < 4.78 is 31.1. The number of hydrogen-bond donors (Lipinski definition) is 2. The molecule has 2 aromatic carbocycles. The third-order valence-corrected chi connectivity index (χ3v) is 7.19. The van der Waals surface area contributed by atoms with Crippen molar-refractivity contribution in [2.24, 2.45) is 14.1 Å². The maximum absolute atomic E-state index is 13.2. The van der Waals surface area contributed by atoms with Gasteiger partial charge in [-0.25, -0.2) is 18.2 Å². The number of anilines is 1. The number of carbonyl (C=O) groups is 1. The topological polar surface area (TPSA) is 132 Å². The van der Waals surface area contributed by atoms with Gasteiger partial charge in [-0.1, -0.05) is 30.3 Å². The smallest absolute Gasteiger partial charge is 0.300 e. The molecule has 2 heterocycles. The van der Waals surface area contributed by atoms with Crippen molar-refractivity contribution < 1.29 is 13.2 Å². The van der Waals surface area contributed by atoms with Crippen LogP contribution in [0, 0.1) is 0 Å². The lowest BCUT2D eigenvalue weighted by molar-refractivity contribution is -0.117. The highest BCUT2D eigenvalue weighted by atomic mass is 32.2.